The van der Waals surface area contributed by atoms with E-state index >= 15 is 0 Å². The van der Waals surface area contributed by atoms with E-state index in [1.54, 1.807) is 11.9 Å². The molecule has 1 saturated heterocycles. The van der Waals surface area contributed by atoms with E-state index in [0.717, 1.165) is 12.8 Å². The molecule has 1 aliphatic heterocycles. The van der Waals surface area contributed by atoms with Crippen LogP contribution in [0, 0.1) is 0 Å². The van der Waals surface area contributed by atoms with E-state index in [1.165, 1.54) is 9.80 Å². The molecule has 0 atom stereocenters. The number of hydrogen-bond donors (Lipinski definition) is 1. The Morgan fingerprint density at radius 3 is 2.60 bits per heavy atom. The van der Waals surface area contributed by atoms with Crippen molar-refractivity contribution in [3.05, 3.63) is 0 Å². The Morgan fingerprint density at radius 1 is 1.40 bits per heavy atom. The monoisotopic (exact) mass is 283 g/mol. The number of urea groups is 1. The minimum atomic E-state index is -0.295. The van der Waals surface area contributed by atoms with Gasteiger partial charge in [0.25, 0.3) is 0 Å². The second kappa shape index (κ2) is 6.21. The van der Waals surface area contributed by atoms with Gasteiger partial charge in [0.05, 0.1) is 6.61 Å². The second-order valence-electron chi connectivity index (χ2n) is 5.33. The third-order valence-electron chi connectivity index (χ3n) is 3.65. The van der Waals surface area contributed by atoms with Crippen molar-refractivity contribution in [2.75, 3.05) is 33.3 Å². The molecule has 1 heterocycles. The summed E-state index contributed by atoms with van der Waals surface area (Å²) in [6.45, 7) is 0.737. The third-order valence-corrected chi connectivity index (χ3v) is 3.65. The first-order valence-electron chi connectivity index (χ1n) is 7.00. The van der Waals surface area contributed by atoms with Gasteiger partial charge in [-0.05, 0) is 19.3 Å². The highest BCUT2D eigenvalue weighted by Crippen LogP contribution is 2.27. The highest BCUT2D eigenvalue weighted by molar-refractivity contribution is 6.01. The molecule has 2 aliphatic rings. The van der Waals surface area contributed by atoms with Crippen LogP contribution in [0.2, 0.25) is 0 Å². The van der Waals surface area contributed by atoms with Crippen molar-refractivity contribution < 1.29 is 19.5 Å². The summed E-state index contributed by atoms with van der Waals surface area (Å²) in [6.07, 6.45) is 2.77. The molecule has 1 saturated carbocycles. The SMILES string of the molecule is CN1CC(=O)N(CCCC(=O)N(CCO)C2CC2)C1=O. The van der Waals surface area contributed by atoms with E-state index in [-0.39, 0.29) is 43.6 Å². The molecule has 0 unspecified atom stereocenters. The molecule has 0 bridgehead atoms. The largest absolute Gasteiger partial charge is 0.395 e. The van der Waals surface area contributed by atoms with Gasteiger partial charge in [-0.25, -0.2) is 4.79 Å². The number of imide groups is 1. The number of aliphatic hydroxyl groups is 1. The lowest BCUT2D eigenvalue weighted by Gasteiger charge is -2.22. The highest BCUT2D eigenvalue weighted by atomic mass is 16.3. The zero-order chi connectivity index (χ0) is 14.7. The van der Waals surface area contributed by atoms with Gasteiger partial charge in [-0.2, -0.15) is 0 Å². The molecule has 7 nitrogen and oxygen atoms in total. The fourth-order valence-electron chi connectivity index (χ4n) is 2.43. The maximum absolute atomic E-state index is 12.0. The Bertz CT molecular complexity index is 408. The quantitative estimate of drug-likeness (QED) is 0.647. The molecule has 20 heavy (non-hydrogen) atoms. The molecule has 0 aromatic heterocycles. The standard InChI is InChI=1S/C13H21N3O4/c1-14-9-12(19)16(13(14)20)6-2-3-11(18)15(7-8-17)10-4-5-10/h10,17H,2-9H2,1H3. The molecule has 7 heteroatoms. The number of carbonyl (C=O) groups excluding carboxylic acids is 3. The van der Waals surface area contributed by atoms with E-state index in [4.69, 9.17) is 5.11 Å². The zero-order valence-electron chi connectivity index (χ0n) is 11.7. The van der Waals surface area contributed by atoms with Gasteiger partial charge in [0, 0.05) is 32.6 Å². The average Bonchev–Trinajstić information content (AvgIpc) is 3.20. The molecule has 0 spiro atoms. The van der Waals surface area contributed by atoms with E-state index in [9.17, 15) is 14.4 Å². The zero-order valence-corrected chi connectivity index (χ0v) is 11.7. The smallest absolute Gasteiger partial charge is 0.326 e. The Balaban J connectivity index is 1.76. The van der Waals surface area contributed by atoms with Gasteiger partial charge in [0.1, 0.15) is 6.54 Å². The topological polar surface area (TPSA) is 81.2 Å². The van der Waals surface area contributed by atoms with E-state index in [2.05, 4.69) is 0 Å². The molecule has 112 valence electrons. The average molecular weight is 283 g/mol. The maximum Gasteiger partial charge on any atom is 0.326 e. The van der Waals surface area contributed by atoms with Gasteiger partial charge >= 0.3 is 6.03 Å². The van der Waals surface area contributed by atoms with Gasteiger partial charge in [0.15, 0.2) is 0 Å². The van der Waals surface area contributed by atoms with Crippen LogP contribution in [0.4, 0.5) is 4.79 Å². The number of hydrogen-bond acceptors (Lipinski definition) is 4. The summed E-state index contributed by atoms with van der Waals surface area (Å²) in [6, 6.07) is -0.0207. The maximum atomic E-state index is 12.0. The van der Waals surface area contributed by atoms with Crippen LogP contribution in [-0.2, 0) is 9.59 Å². The molecule has 2 rings (SSSR count). The van der Waals surface area contributed by atoms with Crippen molar-refractivity contribution in [3.63, 3.8) is 0 Å². The van der Waals surface area contributed by atoms with Crippen LogP contribution in [0.1, 0.15) is 25.7 Å². The molecule has 4 amide bonds. The van der Waals surface area contributed by atoms with Crippen LogP contribution >= 0.6 is 0 Å². The number of likely N-dealkylation sites (N-methyl/N-ethyl adjacent to an activating group) is 1. The molecule has 0 aromatic rings. The lowest BCUT2D eigenvalue weighted by atomic mass is 10.2. The molecule has 2 fully saturated rings. The van der Waals surface area contributed by atoms with E-state index < -0.39 is 0 Å². The summed E-state index contributed by atoms with van der Waals surface area (Å²) in [7, 11) is 1.58. The van der Waals surface area contributed by atoms with Crippen LogP contribution in [-0.4, -0.2) is 77.0 Å². The summed E-state index contributed by atoms with van der Waals surface area (Å²) in [5.41, 5.74) is 0. The predicted octanol–water partition coefficient (Wildman–Crippen LogP) is -0.356. The Hall–Kier alpha value is -1.63. The van der Waals surface area contributed by atoms with Gasteiger partial charge < -0.3 is 14.9 Å². The Labute approximate surface area is 118 Å². The predicted molar refractivity (Wildman–Crippen MR) is 70.8 cm³/mol. The van der Waals surface area contributed by atoms with Crippen LogP contribution < -0.4 is 0 Å². The summed E-state index contributed by atoms with van der Waals surface area (Å²) in [5, 5.41) is 8.96. The van der Waals surface area contributed by atoms with Crippen molar-refractivity contribution in [2.24, 2.45) is 0 Å². The lowest BCUT2D eigenvalue weighted by Crippen LogP contribution is -2.37. The summed E-state index contributed by atoms with van der Waals surface area (Å²) >= 11 is 0. The van der Waals surface area contributed by atoms with Crippen molar-refractivity contribution in [3.8, 4) is 0 Å². The molecule has 1 aliphatic carbocycles. The number of carbonyl (C=O) groups is 3. The van der Waals surface area contributed by atoms with Crippen LogP contribution in [0.3, 0.4) is 0 Å². The van der Waals surface area contributed by atoms with Crippen molar-refractivity contribution >= 4 is 17.8 Å². The van der Waals surface area contributed by atoms with Crippen LogP contribution in [0.25, 0.3) is 0 Å². The second-order valence-corrected chi connectivity index (χ2v) is 5.33. The van der Waals surface area contributed by atoms with Crippen molar-refractivity contribution in [1.29, 1.82) is 0 Å². The van der Waals surface area contributed by atoms with Crippen molar-refractivity contribution in [2.45, 2.75) is 31.7 Å². The summed E-state index contributed by atoms with van der Waals surface area (Å²) < 4.78 is 0. The van der Waals surface area contributed by atoms with Gasteiger partial charge in [-0.1, -0.05) is 0 Å². The fraction of sp³-hybridized carbons (Fsp3) is 0.769. The molecule has 0 aromatic carbocycles. The van der Waals surface area contributed by atoms with Crippen molar-refractivity contribution in [1.82, 2.24) is 14.7 Å². The minimum Gasteiger partial charge on any atom is -0.395 e. The number of aliphatic hydroxyl groups excluding tert-OH is 1. The normalized spacial score (nSPS) is 18.9. The van der Waals surface area contributed by atoms with E-state index in [0.29, 0.717) is 19.4 Å². The summed E-state index contributed by atoms with van der Waals surface area (Å²) in [5.74, 6) is -0.214. The highest BCUT2D eigenvalue weighted by Gasteiger charge is 2.34. The Kier molecular flexibility index (Phi) is 4.59. The first-order valence-corrected chi connectivity index (χ1v) is 7.00. The molecule has 1 N–H and O–H groups in total. The lowest BCUT2D eigenvalue weighted by molar-refractivity contribution is -0.133. The minimum absolute atomic E-state index is 0.00556. The number of nitrogens with zero attached hydrogens (tertiary/aromatic N) is 3. The summed E-state index contributed by atoms with van der Waals surface area (Å²) in [4.78, 5) is 39.5. The number of amides is 4. The molecule has 0 radical (unpaired) electrons. The van der Waals surface area contributed by atoms with Gasteiger partial charge in [-0.3, -0.25) is 14.5 Å². The third kappa shape index (κ3) is 3.27. The first kappa shape index (κ1) is 14.8. The van der Waals surface area contributed by atoms with Gasteiger partial charge in [-0.15, -0.1) is 0 Å². The van der Waals surface area contributed by atoms with E-state index in [1.807, 2.05) is 0 Å². The van der Waals surface area contributed by atoms with Crippen LogP contribution in [0.15, 0.2) is 0 Å². The Morgan fingerprint density at radius 2 is 2.10 bits per heavy atom. The number of rotatable bonds is 7. The van der Waals surface area contributed by atoms with Crippen LogP contribution in [0.5, 0.6) is 0 Å². The molecular weight excluding hydrogens is 262 g/mol. The fourth-order valence-corrected chi connectivity index (χ4v) is 2.43. The molecular formula is C13H21N3O4. The van der Waals surface area contributed by atoms with Gasteiger partial charge in [0.2, 0.25) is 11.8 Å². The first-order chi connectivity index (χ1) is 9.54.